The Labute approximate surface area is 187 Å². The maximum Gasteiger partial charge on any atom is 0.185 e. The predicted molar refractivity (Wildman–Crippen MR) is 128 cm³/mol. The van der Waals surface area contributed by atoms with Crippen molar-refractivity contribution in [1.29, 1.82) is 0 Å². The van der Waals surface area contributed by atoms with Crippen LogP contribution in [-0.4, -0.2) is 24.6 Å². The molecule has 0 amide bonds. The largest absolute Gasteiger partial charge is 0.494 e. The quantitative estimate of drug-likeness (QED) is 0.326. The van der Waals surface area contributed by atoms with Crippen LogP contribution in [0.5, 0.6) is 17.2 Å². The van der Waals surface area contributed by atoms with Crippen molar-refractivity contribution in [3.8, 4) is 17.2 Å². The van der Waals surface area contributed by atoms with Gasteiger partial charge in [-0.1, -0.05) is 20.8 Å². The van der Waals surface area contributed by atoms with Gasteiger partial charge in [0.25, 0.3) is 0 Å². The van der Waals surface area contributed by atoms with Gasteiger partial charge >= 0.3 is 0 Å². The molecule has 0 aliphatic rings. The van der Waals surface area contributed by atoms with Crippen LogP contribution >= 0.6 is 0 Å². The van der Waals surface area contributed by atoms with Gasteiger partial charge in [0.05, 0.1) is 18.8 Å². The van der Waals surface area contributed by atoms with Gasteiger partial charge in [-0.15, -0.1) is 0 Å². The molecule has 2 rings (SSSR count). The van der Waals surface area contributed by atoms with E-state index in [2.05, 4.69) is 26.8 Å². The average Bonchev–Trinajstić information content (AvgIpc) is 2.66. The molecular formula is C27H36O4. The van der Waals surface area contributed by atoms with Gasteiger partial charge in [-0.2, -0.15) is 0 Å². The minimum atomic E-state index is -0.123. The molecule has 4 nitrogen and oxygen atoms in total. The first-order valence-electron chi connectivity index (χ1n) is 11.0. The zero-order chi connectivity index (χ0) is 23.2. The number of ketones is 1. The van der Waals surface area contributed by atoms with Gasteiger partial charge in [0.2, 0.25) is 0 Å². The van der Waals surface area contributed by atoms with E-state index in [4.69, 9.17) is 14.2 Å². The predicted octanol–water partition coefficient (Wildman–Crippen LogP) is 6.85. The molecule has 31 heavy (non-hydrogen) atoms. The van der Waals surface area contributed by atoms with E-state index in [1.165, 1.54) is 0 Å². The van der Waals surface area contributed by atoms with E-state index in [-0.39, 0.29) is 23.4 Å². The average molecular weight is 425 g/mol. The van der Waals surface area contributed by atoms with Crippen LogP contribution in [-0.2, 0) is 5.41 Å². The first-order valence-corrected chi connectivity index (χ1v) is 11.0. The second kappa shape index (κ2) is 10.5. The van der Waals surface area contributed by atoms with E-state index in [9.17, 15) is 4.79 Å². The monoisotopic (exact) mass is 424 g/mol. The molecule has 168 valence electrons. The van der Waals surface area contributed by atoms with Crippen LogP contribution in [0.25, 0.3) is 6.08 Å². The Morgan fingerprint density at radius 2 is 1.52 bits per heavy atom. The fourth-order valence-electron chi connectivity index (χ4n) is 3.15. The second-order valence-corrected chi connectivity index (χ2v) is 9.12. The molecule has 0 unspecified atom stereocenters. The van der Waals surface area contributed by atoms with Crippen molar-refractivity contribution in [2.45, 2.75) is 73.0 Å². The van der Waals surface area contributed by atoms with E-state index in [0.717, 1.165) is 22.6 Å². The summed E-state index contributed by atoms with van der Waals surface area (Å²) in [5, 5.41) is 0. The number of carbonyl (C=O) groups is 1. The lowest BCUT2D eigenvalue weighted by atomic mass is 9.85. The first-order chi connectivity index (χ1) is 14.5. The number of hydrogen-bond acceptors (Lipinski definition) is 4. The van der Waals surface area contributed by atoms with E-state index >= 15 is 0 Å². The minimum absolute atomic E-state index is 0.00125. The van der Waals surface area contributed by atoms with Crippen molar-refractivity contribution in [1.82, 2.24) is 0 Å². The Morgan fingerprint density at radius 3 is 2.03 bits per heavy atom. The lowest BCUT2D eigenvalue weighted by Crippen LogP contribution is -2.17. The number of allylic oxidation sites excluding steroid dienone is 1. The summed E-state index contributed by atoms with van der Waals surface area (Å²) in [5.74, 6) is 2.20. The van der Waals surface area contributed by atoms with Gasteiger partial charge in [-0.05, 0) is 82.5 Å². The SMILES string of the molecule is CCOc1ccc(C(=O)/C=C\c2cc(C(C)(C)C)c(OC(C)C)cc2OC(C)C)cc1. The molecule has 0 aromatic heterocycles. The summed E-state index contributed by atoms with van der Waals surface area (Å²) in [6.45, 7) is 17.0. The van der Waals surface area contributed by atoms with Crippen LogP contribution in [0, 0.1) is 0 Å². The molecule has 0 heterocycles. The van der Waals surface area contributed by atoms with Crippen molar-refractivity contribution in [2.24, 2.45) is 0 Å². The second-order valence-electron chi connectivity index (χ2n) is 9.12. The highest BCUT2D eigenvalue weighted by Gasteiger charge is 2.22. The highest BCUT2D eigenvalue weighted by atomic mass is 16.5. The lowest BCUT2D eigenvalue weighted by Gasteiger charge is -2.26. The molecule has 0 aliphatic heterocycles. The first kappa shape index (κ1) is 24.5. The highest BCUT2D eigenvalue weighted by Crippen LogP contribution is 2.38. The molecule has 0 saturated carbocycles. The number of hydrogen-bond donors (Lipinski definition) is 0. The molecule has 0 radical (unpaired) electrons. The third-order valence-electron chi connectivity index (χ3n) is 4.51. The highest BCUT2D eigenvalue weighted by molar-refractivity contribution is 6.07. The number of rotatable bonds is 9. The van der Waals surface area contributed by atoms with E-state index < -0.39 is 0 Å². The summed E-state index contributed by atoms with van der Waals surface area (Å²) in [6.07, 6.45) is 3.47. The topological polar surface area (TPSA) is 44.8 Å². The normalized spacial score (nSPS) is 11.9. The van der Waals surface area contributed by atoms with Crippen molar-refractivity contribution in [3.63, 3.8) is 0 Å². The maximum atomic E-state index is 12.7. The zero-order valence-corrected chi connectivity index (χ0v) is 20.1. The summed E-state index contributed by atoms with van der Waals surface area (Å²) in [5.41, 5.74) is 2.42. The van der Waals surface area contributed by atoms with Crippen molar-refractivity contribution >= 4 is 11.9 Å². The van der Waals surface area contributed by atoms with Crippen molar-refractivity contribution in [2.75, 3.05) is 6.61 Å². The van der Waals surface area contributed by atoms with Gasteiger partial charge in [0, 0.05) is 22.8 Å². The van der Waals surface area contributed by atoms with Crippen molar-refractivity contribution in [3.05, 3.63) is 59.2 Å². The van der Waals surface area contributed by atoms with Crippen LogP contribution in [0.2, 0.25) is 0 Å². The molecule has 2 aromatic carbocycles. The summed E-state index contributed by atoms with van der Waals surface area (Å²) >= 11 is 0. The molecule has 0 fully saturated rings. The van der Waals surface area contributed by atoms with E-state index in [0.29, 0.717) is 17.9 Å². The van der Waals surface area contributed by atoms with Crippen molar-refractivity contribution < 1.29 is 19.0 Å². The number of benzene rings is 2. The van der Waals surface area contributed by atoms with E-state index in [1.54, 1.807) is 18.2 Å². The minimum Gasteiger partial charge on any atom is -0.494 e. The maximum absolute atomic E-state index is 12.7. The number of ether oxygens (including phenoxy) is 3. The lowest BCUT2D eigenvalue weighted by molar-refractivity contribution is 0.104. The molecule has 4 heteroatoms. The fourth-order valence-corrected chi connectivity index (χ4v) is 3.15. The molecule has 0 spiro atoms. The molecule has 0 saturated heterocycles. The zero-order valence-electron chi connectivity index (χ0n) is 20.1. The third kappa shape index (κ3) is 7.16. The van der Waals surface area contributed by atoms with Crippen LogP contribution in [0.3, 0.4) is 0 Å². The van der Waals surface area contributed by atoms with Crippen LogP contribution in [0.4, 0.5) is 0 Å². The fraction of sp³-hybridized carbons (Fsp3) is 0.444. The summed E-state index contributed by atoms with van der Waals surface area (Å²) < 4.78 is 17.6. The molecule has 0 N–H and O–H groups in total. The van der Waals surface area contributed by atoms with Gasteiger partial charge in [0.15, 0.2) is 5.78 Å². The Kier molecular flexibility index (Phi) is 8.32. The summed E-state index contributed by atoms with van der Waals surface area (Å²) in [7, 11) is 0. The molecular weight excluding hydrogens is 388 g/mol. The smallest absolute Gasteiger partial charge is 0.185 e. The van der Waals surface area contributed by atoms with Gasteiger partial charge in [0.1, 0.15) is 17.2 Å². The Morgan fingerprint density at radius 1 is 0.935 bits per heavy atom. The van der Waals surface area contributed by atoms with Gasteiger partial charge in [-0.25, -0.2) is 0 Å². The Balaban J connectivity index is 2.43. The Hall–Kier alpha value is -2.75. The Bertz CT molecular complexity index is 900. The van der Waals surface area contributed by atoms with Crippen LogP contribution in [0.1, 0.15) is 76.9 Å². The third-order valence-corrected chi connectivity index (χ3v) is 4.51. The summed E-state index contributed by atoms with van der Waals surface area (Å²) in [6, 6.07) is 11.2. The molecule has 0 aliphatic carbocycles. The molecule has 0 bridgehead atoms. The van der Waals surface area contributed by atoms with Crippen LogP contribution in [0.15, 0.2) is 42.5 Å². The molecule has 2 aromatic rings. The number of carbonyl (C=O) groups excluding carboxylic acids is 1. The summed E-state index contributed by atoms with van der Waals surface area (Å²) in [4.78, 5) is 12.7. The van der Waals surface area contributed by atoms with E-state index in [1.807, 2.05) is 58.9 Å². The molecule has 0 atom stereocenters. The van der Waals surface area contributed by atoms with Gasteiger partial charge < -0.3 is 14.2 Å². The van der Waals surface area contributed by atoms with Crippen LogP contribution < -0.4 is 14.2 Å². The van der Waals surface area contributed by atoms with Gasteiger partial charge in [-0.3, -0.25) is 4.79 Å². The standard InChI is InChI=1S/C27H36O4/c1-9-29-22-13-10-20(11-14-22)24(28)15-12-21-16-23(27(6,7)8)26(31-19(4)5)17-25(21)30-18(2)3/h10-19H,9H2,1-8H3/b15-12-.